The molecule has 0 saturated heterocycles. The maximum atomic E-state index is 12.2. The van der Waals surface area contributed by atoms with E-state index in [-0.39, 0.29) is 18.7 Å². The van der Waals surface area contributed by atoms with Crippen LogP contribution in [0, 0.1) is 0 Å². The standard InChI is InChI=1S/C21H19NO6/c1-26-16-8-4-7-15(12-16)20(24)27-11-5-10-22-19(23)17-13-14-6-2-3-9-18(14)28-21(17)25/h2-4,6-9,12-13H,5,10-11H2,1H3,(H,22,23). The van der Waals surface area contributed by atoms with Crippen LogP contribution in [0.1, 0.15) is 27.1 Å². The van der Waals surface area contributed by atoms with E-state index in [0.29, 0.717) is 28.7 Å². The Morgan fingerprint density at radius 2 is 1.89 bits per heavy atom. The summed E-state index contributed by atoms with van der Waals surface area (Å²) in [6.07, 6.45) is 0.403. The number of carbonyl (C=O) groups excluding carboxylic acids is 2. The molecule has 0 unspecified atom stereocenters. The third kappa shape index (κ3) is 4.56. The minimum Gasteiger partial charge on any atom is -0.497 e. The summed E-state index contributed by atoms with van der Waals surface area (Å²) in [7, 11) is 1.52. The lowest BCUT2D eigenvalue weighted by molar-refractivity contribution is 0.0500. The highest BCUT2D eigenvalue weighted by Crippen LogP contribution is 2.14. The van der Waals surface area contributed by atoms with Crippen LogP contribution in [-0.2, 0) is 4.74 Å². The predicted octanol–water partition coefficient (Wildman–Crippen LogP) is 2.78. The second-order valence-electron chi connectivity index (χ2n) is 5.96. The van der Waals surface area contributed by atoms with E-state index in [1.807, 2.05) is 0 Å². The zero-order chi connectivity index (χ0) is 19.9. The molecule has 0 atom stereocenters. The fourth-order valence-electron chi connectivity index (χ4n) is 2.59. The molecular weight excluding hydrogens is 362 g/mol. The summed E-state index contributed by atoms with van der Waals surface area (Å²) in [5.74, 6) is -0.435. The largest absolute Gasteiger partial charge is 0.497 e. The van der Waals surface area contributed by atoms with Crippen molar-refractivity contribution in [3.8, 4) is 5.75 Å². The molecule has 0 saturated carbocycles. The minimum absolute atomic E-state index is 0.0629. The summed E-state index contributed by atoms with van der Waals surface area (Å²) in [5, 5.41) is 3.29. The first-order valence-corrected chi connectivity index (χ1v) is 8.71. The first kappa shape index (κ1) is 19.2. The number of para-hydroxylation sites is 1. The van der Waals surface area contributed by atoms with E-state index in [4.69, 9.17) is 13.9 Å². The van der Waals surface area contributed by atoms with E-state index in [1.54, 1.807) is 48.5 Å². The number of amides is 1. The Bertz CT molecular complexity index is 1060. The Morgan fingerprint density at radius 3 is 2.71 bits per heavy atom. The molecule has 0 radical (unpaired) electrons. The van der Waals surface area contributed by atoms with Gasteiger partial charge in [0.2, 0.25) is 0 Å². The number of hydrogen-bond acceptors (Lipinski definition) is 6. The average Bonchev–Trinajstić information content (AvgIpc) is 2.72. The molecule has 0 bridgehead atoms. The maximum Gasteiger partial charge on any atom is 0.349 e. The van der Waals surface area contributed by atoms with Gasteiger partial charge in [-0.3, -0.25) is 4.79 Å². The molecule has 1 aromatic heterocycles. The van der Waals surface area contributed by atoms with Crippen LogP contribution in [-0.4, -0.2) is 32.1 Å². The van der Waals surface area contributed by atoms with Gasteiger partial charge in [0.15, 0.2) is 0 Å². The van der Waals surface area contributed by atoms with Gasteiger partial charge < -0.3 is 19.2 Å². The summed E-state index contributed by atoms with van der Waals surface area (Å²) in [6, 6.07) is 15.1. The molecule has 1 N–H and O–H groups in total. The molecule has 7 heteroatoms. The van der Waals surface area contributed by atoms with E-state index in [1.165, 1.54) is 13.2 Å². The van der Waals surface area contributed by atoms with Gasteiger partial charge in [0.25, 0.3) is 5.91 Å². The van der Waals surface area contributed by atoms with Gasteiger partial charge in [-0.2, -0.15) is 0 Å². The molecule has 0 aliphatic heterocycles. The molecule has 1 heterocycles. The number of nitrogens with one attached hydrogen (secondary N) is 1. The van der Waals surface area contributed by atoms with Crippen molar-refractivity contribution in [3.63, 3.8) is 0 Å². The van der Waals surface area contributed by atoms with Gasteiger partial charge in [-0.05, 0) is 36.8 Å². The fraction of sp³-hybridized carbons (Fsp3) is 0.190. The van der Waals surface area contributed by atoms with Crippen LogP contribution in [0.2, 0.25) is 0 Å². The van der Waals surface area contributed by atoms with Crippen LogP contribution in [0.3, 0.4) is 0 Å². The van der Waals surface area contributed by atoms with E-state index in [0.717, 1.165) is 0 Å². The lowest BCUT2D eigenvalue weighted by Gasteiger charge is -2.07. The molecule has 144 valence electrons. The van der Waals surface area contributed by atoms with Crippen molar-refractivity contribution >= 4 is 22.8 Å². The van der Waals surface area contributed by atoms with Gasteiger partial charge >= 0.3 is 11.6 Å². The monoisotopic (exact) mass is 381 g/mol. The number of ether oxygens (including phenoxy) is 2. The zero-order valence-electron chi connectivity index (χ0n) is 15.3. The highest BCUT2D eigenvalue weighted by molar-refractivity contribution is 5.96. The van der Waals surface area contributed by atoms with Crippen molar-refractivity contribution in [2.45, 2.75) is 6.42 Å². The van der Waals surface area contributed by atoms with E-state index < -0.39 is 17.5 Å². The smallest absolute Gasteiger partial charge is 0.349 e. The predicted molar refractivity (Wildman–Crippen MR) is 103 cm³/mol. The minimum atomic E-state index is -0.694. The van der Waals surface area contributed by atoms with Gasteiger partial charge in [-0.15, -0.1) is 0 Å². The van der Waals surface area contributed by atoms with E-state index in [9.17, 15) is 14.4 Å². The number of methoxy groups -OCH3 is 1. The third-order valence-corrected chi connectivity index (χ3v) is 4.03. The Balaban J connectivity index is 1.49. The SMILES string of the molecule is COc1cccc(C(=O)OCCCNC(=O)c2cc3ccccc3oc2=O)c1. The zero-order valence-corrected chi connectivity index (χ0v) is 15.3. The van der Waals surface area contributed by atoms with Gasteiger partial charge in [0.1, 0.15) is 16.9 Å². The van der Waals surface area contributed by atoms with Crippen LogP contribution < -0.4 is 15.7 Å². The van der Waals surface area contributed by atoms with Gasteiger partial charge in [0, 0.05) is 11.9 Å². The second kappa shape index (κ2) is 8.85. The summed E-state index contributed by atoms with van der Waals surface area (Å²) in [4.78, 5) is 36.1. The van der Waals surface area contributed by atoms with Crippen LogP contribution in [0.15, 0.2) is 63.8 Å². The quantitative estimate of drug-likeness (QED) is 0.384. The average molecular weight is 381 g/mol. The highest BCUT2D eigenvalue weighted by Gasteiger charge is 2.13. The van der Waals surface area contributed by atoms with Crippen molar-refractivity contribution < 1.29 is 23.5 Å². The van der Waals surface area contributed by atoms with E-state index in [2.05, 4.69) is 5.32 Å². The summed E-state index contributed by atoms with van der Waals surface area (Å²) in [6.45, 7) is 0.374. The van der Waals surface area contributed by atoms with Gasteiger partial charge in [-0.1, -0.05) is 24.3 Å². The number of rotatable bonds is 7. The lowest BCUT2D eigenvalue weighted by Crippen LogP contribution is -2.29. The van der Waals surface area contributed by atoms with Gasteiger partial charge in [0.05, 0.1) is 19.3 Å². The molecule has 3 aromatic rings. The molecule has 7 nitrogen and oxygen atoms in total. The maximum absolute atomic E-state index is 12.2. The van der Waals surface area contributed by atoms with Crippen molar-refractivity contribution in [2.24, 2.45) is 0 Å². The molecule has 3 rings (SSSR count). The summed E-state index contributed by atoms with van der Waals surface area (Å²) in [5.41, 5.74) is 0.0541. The first-order chi connectivity index (χ1) is 13.6. The fourth-order valence-corrected chi connectivity index (χ4v) is 2.59. The molecule has 0 fully saturated rings. The molecule has 28 heavy (non-hydrogen) atoms. The van der Waals surface area contributed by atoms with Crippen LogP contribution in [0.5, 0.6) is 5.75 Å². The molecule has 0 spiro atoms. The van der Waals surface area contributed by atoms with Gasteiger partial charge in [-0.25, -0.2) is 9.59 Å². The second-order valence-corrected chi connectivity index (χ2v) is 5.96. The highest BCUT2D eigenvalue weighted by atomic mass is 16.5. The molecule has 0 aliphatic carbocycles. The third-order valence-electron chi connectivity index (χ3n) is 4.03. The summed E-state index contributed by atoms with van der Waals surface area (Å²) >= 11 is 0. The van der Waals surface area contributed by atoms with E-state index >= 15 is 0 Å². The van der Waals surface area contributed by atoms with Crippen molar-refractivity contribution in [3.05, 3.63) is 76.1 Å². The topological polar surface area (TPSA) is 94.8 Å². The number of hydrogen-bond donors (Lipinski definition) is 1. The Kier molecular flexibility index (Phi) is 6.06. The van der Waals surface area contributed by atoms with Crippen LogP contribution in [0.4, 0.5) is 0 Å². The van der Waals surface area contributed by atoms with Crippen molar-refractivity contribution in [2.75, 3.05) is 20.3 Å². The first-order valence-electron chi connectivity index (χ1n) is 8.71. The van der Waals surface area contributed by atoms with Crippen LogP contribution in [0.25, 0.3) is 11.0 Å². The lowest BCUT2D eigenvalue weighted by atomic mass is 10.2. The Hall–Kier alpha value is -3.61. The molecule has 0 aliphatic rings. The van der Waals surface area contributed by atoms with Crippen LogP contribution >= 0.6 is 0 Å². The molecule has 1 amide bonds. The number of esters is 1. The molecule has 2 aromatic carbocycles. The Morgan fingerprint density at radius 1 is 1.07 bits per heavy atom. The van der Waals surface area contributed by atoms with Crippen molar-refractivity contribution in [1.82, 2.24) is 5.32 Å². The summed E-state index contributed by atoms with van der Waals surface area (Å²) < 4.78 is 15.4. The normalized spacial score (nSPS) is 10.5. The Labute approximate surface area is 160 Å². The number of benzene rings is 2. The number of fused-ring (bicyclic) bond motifs is 1. The number of carbonyl (C=O) groups is 2. The van der Waals surface area contributed by atoms with Crippen molar-refractivity contribution in [1.29, 1.82) is 0 Å². The molecular formula is C21H19NO6.